The number of aromatic nitrogens is 1. The van der Waals surface area contributed by atoms with Crippen molar-refractivity contribution in [1.82, 2.24) is 4.98 Å². The Kier molecular flexibility index (Phi) is 4.43. The maximum Gasteiger partial charge on any atom is 0.417 e. The Balaban J connectivity index is 2.58. The van der Waals surface area contributed by atoms with E-state index in [0.29, 0.717) is 6.07 Å². The largest absolute Gasteiger partial charge is 0.417 e. The van der Waals surface area contributed by atoms with E-state index in [1.165, 1.54) is 6.07 Å². The molecule has 23 heavy (non-hydrogen) atoms. The molecule has 0 N–H and O–H groups in total. The first-order valence-corrected chi connectivity index (χ1v) is 5.96. The molecule has 0 saturated heterocycles. The molecule has 1 aromatic carbocycles. The molecule has 0 radical (unpaired) electrons. The third kappa shape index (κ3) is 3.71. The third-order valence-electron chi connectivity index (χ3n) is 2.77. The molecule has 5 nitrogen and oxygen atoms in total. The monoisotopic (exact) mass is 334 g/mol. The zero-order valence-electron chi connectivity index (χ0n) is 11.1. The number of hydrogen-bond donors (Lipinski definition) is 0. The standard InChI is InChI=1S/C13H7F5N2O3/c14-12(15)23-11-10(20(21)22)5-7(6-19-11)8-3-1-2-4-9(8)13(16,17)18/h1-6,12H. The van der Waals surface area contributed by atoms with E-state index in [1.807, 2.05) is 0 Å². The smallest absolute Gasteiger partial charge is 0.411 e. The quantitative estimate of drug-likeness (QED) is 0.476. The first kappa shape index (κ1) is 16.6. The maximum absolute atomic E-state index is 13.0. The van der Waals surface area contributed by atoms with Crippen LogP contribution in [-0.2, 0) is 6.18 Å². The molecule has 2 rings (SSSR count). The lowest BCUT2D eigenvalue weighted by atomic mass is 10.0. The molecule has 1 heterocycles. The molecule has 0 atom stereocenters. The summed E-state index contributed by atoms with van der Waals surface area (Å²) in [5.41, 5.74) is -2.59. The summed E-state index contributed by atoms with van der Waals surface area (Å²) in [6.45, 7) is -3.35. The van der Waals surface area contributed by atoms with Crippen LogP contribution < -0.4 is 4.74 Å². The van der Waals surface area contributed by atoms with Gasteiger partial charge in [-0.3, -0.25) is 10.1 Å². The number of rotatable bonds is 4. The highest BCUT2D eigenvalue weighted by Gasteiger charge is 2.34. The van der Waals surface area contributed by atoms with E-state index >= 15 is 0 Å². The van der Waals surface area contributed by atoms with E-state index in [-0.39, 0.29) is 11.1 Å². The number of benzene rings is 1. The van der Waals surface area contributed by atoms with E-state index in [4.69, 9.17) is 0 Å². The van der Waals surface area contributed by atoms with Crippen LogP contribution in [0.3, 0.4) is 0 Å². The summed E-state index contributed by atoms with van der Waals surface area (Å²) in [5.74, 6) is -0.974. The average Bonchev–Trinajstić information content (AvgIpc) is 2.46. The van der Waals surface area contributed by atoms with Crippen LogP contribution in [0.4, 0.5) is 27.6 Å². The number of nitrogens with zero attached hydrogens (tertiary/aromatic N) is 2. The van der Waals surface area contributed by atoms with E-state index in [0.717, 1.165) is 24.4 Å². The SMILES string of the molecule is O=[N+]([O-])c1cc(-c2ccccc2C(F)(F)F)cnc1OC(F)F. The van der Waals surface area contributed by atoms with Crippen molar-refractivity contribution in [3.63, 3.8) is 0 Å². The van der Waals surface area contributed by atoms with Crippen molar-refractivity contribution in [2.45, 2.75) is 12.8 Å². The van der Waals surface area contributed by atoms with Crippen molar-refractivity contribution in [3.8, 4) is 17.0 Å². The maximum atomic E-state index is 13.0. The molecule has 0 aliphatic rings. The second kappa shape index (κ2) is 6.15. The van der Waals surface area contributed by atoms with E-state index < -0.39 is 34.8 Å². The summed E-state index contributed by atoms with van der Waals surface area (Å²) in [4.78, 5) is 13.2. The van der Waals surface area contributed by atoms with Crippen molar-refractivity contribution < 1.29 is 31.6 Å². The fraction of sp³-hybridized carbons (Fsp3) is 0.154. The van der Waals surface area contributed by atoms with Crippen molar-refractivity contribution >= 4 is 5.69 Å². The van der Waals surface area contributed by atoms with Gasteiger partial charge in [0.2, 0.25) is 0 Å². The van der Waals surface area contributed by atoms with Gasteiger partial charge in [-0.25, -0.2) is 4.98 Å². The summed E-state index contributed by atoms with van der Waals surface area (Å²) in [6, 6.07) is 5.06. The lowest BCUT2D eigenvalue weighted by Crippen LogP contribution is -2.08. The molecule has 0 spiro atoms. The summed E-state index contributed by atoms with van der Waals surface area (Å²) < 4.78 is 67.1. The second-order valence-corrected chi connectivity index (χ2v) is 4.23. The van der Waals surface area contributed by atoms with Crippen LogP contribution in [0.1, 0.15) is 5.56 Å². The van der Waals surface area contributed by atoms with Crippen molar-refractivity contribution in [2.24, 2.45) is 0 Å². The molecule has 1 aromatic heterocycles. The van der Waals surface area contributed by atoms with Crippen LogP contribution in [0.25, 0.3) is 11.1 Å². The molecule has 0 bridgehead atoms. The number of ether oxygens (including phenoxy) is 1. The minimum atomic E-state index is -4.69. The van der Waals surface area contributed by atoms with Crippen LogP contribution in [0.2, 0.25) is 0 Å². The normalized spacial score (nSPS) is 11.6. The van der Waals surface area contributed by atoms with Gasteiger partial charge in [0.25, 0.3) is 5.88 Å². The van der Waals surface area contributed by atoms with Crippen molar-refractivity contribution in [3.05, 3.63) is 52.2 Å². The number of nitro groups is 1. The van der Waals surface area contributed by atoms with Gasteiger partial charge < -0.3 is 4.74 Å². The Labute approximate surface area is 125 Å². The molecule has 0 aliphatic carbocycles. The van der Waals surface area contributed by atoms with Gasteiger partial charge in [-0.05, 0) is 11.6 Å². The van der Waals surface area contributed by atoms with Gasteiger partial charge in [0, 0.05) is 17.8 Å². The number of hydrogen-bond acceptors (Lipinski definition) is 4. The minimum absolute atomic E-state index is 0.244. The highest BCUT2D eigenvalue weighted by atomic mass is 19.4. The zero-order valence-corrected chi connectivity index (χ0v) is 11.1. The zero-order chi connectivity index (χ0) is 17.2. The Morgan fingerprint density at radius 3 is 2.43 bits per heavy atom. The molecule has 0 fully saturated rings. The van der Waals surface area contributed by atoms with Crippen LogP contribution in [0.5, 0.6) is 5.88 Å². The fourth-order valence-corrected chi connectivity index (χ4v) is 1.88. The lowest BCUT2D eigenvalue weighted by Gasteiger charge is -2.13. The molecule has 10 heteroatoms. The van der Waals surface area contributed by atoms with E-state index in [1.54, 1.807) is 0 Å². The molecular weight excluding hydrogens is 327 g/mol. The van der Waals surface area contributed by atoms with Gasteiger partial charge in [-0.15, -0.1) is 0 Å². The Bertz CT molecular complexity index is 734. The Morgan fingerprint density at radius 2 is 1.87 bits per heavy atom. The van der Waals surface area contributed by atoms with Gasteiger partial charge in [-0.1, -0.05) is 18.2 Å². The molecule has 122 valence electrons. The van der Waals surface area contributed by atoms with Gasteiger partial charge in [0.1, 0.15) is 0 Å². The van der Waals surface area contributed by atoms with Crippen LogP contribution in [0.15, 0.2) is 36.5 Å². The second-order valence-electron chi connectivity index (χ2n) is 4.23. The first-order chi connectivity index (χ1) is 10.7. The molecule has 2 aromatic rings. The van der Waals surface area contributed by atoms with E-state index in [2.05, 4.69) is 9.72 Å². The number of alkyl halides is 5. The van der Waals surface area contributed by atoms with Gasteiger partial charge in [0.15, 0.2) is 0 Å². The lowest BCUT2D eigenvalue weighted by molar-refractivity contribution is -0.386. The van der Waals surface area contributed by atoms with E-state index in [9.17, 15) is 32.1 Å². The van der Waals surface area contributed by atoms with Crippen LogP contribution in [-0.4, -0.2) is 16.5 Å². The molecule has 0 saturated carbocycles. The Morgan fingerprint density at radius 1 is 1.22 bits per heavy atom. The fourth-order valence-electron chi connectivity index (χ4n) is 1.88. The highest BCUT2D eigenvalue weighted by Crippen LogP contribution is 2.38. The molecule has 0 unspecified atom stereocenters. The number of halogens is 5. The average molecular weight is 334 g/mol. The minimum Gasteiger partial charge on any atom is -0.411 e. The molecular formula is C13H7F5N2O3. The summed E-state index contributed by atoms with van der Waals surface area (Å²) >= 11 is 0. The molecule has 0 amide bonds. The van der Waals surface area contributed by atoms with Crippen LogP contribution in [0, 0.1) is 10.1 Å². The van der Waals surface area contributed by atoms with Crippen LogP contribution >= 0.6 is 0 Å². The number of pyridine rings is 1. The van der Waals surface area contributed by atoms with Crippen molar-refractivity contribution in [2.75, 3.05) is 0 Å². The van der Waals surface area contributed by atoms with Crippen molar-refractivity contribution in [1.29, 1.82) is 0 Å². The topological polar surface area (TPSA) is 65.3 Å². The van der Waals surface area contributed by atoms with Gasteiger partial charge in [-0.2, -0.15) is 22.0 Å². The summed E-state index contributed by atoms with van der Waals surface area (Å²) in [5, 5.41) is 10.9. The summed E-state index contributed by atoms with van der Waals surface area (Å²) in [6.07, 6.45) is -3.89. The Hall–Kier alpha value is -2.78. The summed E-state index contributed by atoms with van der Waals surface area (Å²) in [7, 11) is 0. The first-order valence-electron chi connectivity index (χ1n) is 5.96. The van der Waals surface area contributed by atoms with Gasteiger partial charge in [0.05, 0.1) is 10.5 Å². The molecule has 0 aliphatic heterocycles. The highest BCUT2D eigenvalue weighted by molar-refractivity contribution is 5.70. The third-order valence-corrected chi connectivity index (χ3v) is 2.77. The van der Waals surface area contributed by atoms with Gasteiger partial charge >= 0.3 is 18.5 Å². The predicted molar refractivity (Wildman–Crippen MR) is 68.0 cm³/mol. The predicted octanol–water partition coefficient (Wildman–Crippen LogP) is 4.28.